The third-order valence-corrected chi connectivity index (χ3v) is 8.55. The van der Waals surface area contributed by atoms with Crippen molar-refractivity contribution in [1.29, 1.82) is 0 Å². The van der Waals surface area contributed by atoms with Crippen molar-refractivity contribution in [2.45, 2.75) is 84.0 Å². The number of rotatable bonds is 16. The number of benzene rings is 3. The van der Waals surface area contributed by atoms with E-state index in [2.05, 4.69) is 16.0 Å². The van der Waals surface area contributed by atoms with Gasteiger partial charge in [0.25, 0.3) is 5.91 Å². The number of carbonyl (C=O) groups is 3. The van der Waals surface area contributed by atoms with Gasteiger partial charge in [0, 0.05) is 19.1 Å². The molecule has 0 saturated carbocycles. The summed E-state index contributed by atoms with van der Waals surface area (Å²) < 4.78 is 5.91. The molecular formula is C38H50N4O5. The lowest BCUT2D eigenvalue weighted by atomic mass is 9.93. The number of ether oxygens (including phenoxy) is 1. The van der Waals surface area contributed by atoms with Gasteiger partial charge in [-0.15, -0.1) is 0 Å². The summed E-state index contributed by atoms with van der Waals surface area (Å²) in [5.74, 6) is 0.278. The second kappa shape index (κ2) is 17.5. The first-order valence-corrected chi connectivity index (χ1v) is 16.7. The van der Waals surface area contributed by atoms with Crippen LogP contribution >= 0.6 is 0 Å². The molecule has 1 saturated heterocycles. The van der Waals surface area contributed by atoms with Crippen LogP contribution in [0.3, 0.4) is 0 Å². The summed E-state index contributed by atoms with van der Waals surface area (Å²) in [6.07, 6.45) is 1.37. The molecule has 0 aliphatic carbocycles. The topological polar surface area (TPSA) is 120 Å². The van der Waals surface area contributed by atoms with Gasteiger partial charge in [0.15, 0.2) is 6.61 Å². The molecule has 4 amide bonds. The minimum absolute atomic E-state index is 0.190. The molecule has 0 bridgehead atoms. The Morgan fingerprint density at radius 3 is 2.09 bits per heavy atom. The standard InChI is InChI=1S/C38H50N4O5/c1-26(2)21-33(42-20-12-19-39-38(42)46)37(45)40-31(22-29-15-7-5-8-16-29)24-34(43)32(23-30-17-9-6-10-18-30)41-35(44)25-47-36-27(3)13-11-14-28(36)4/h5-11,13-18,26,31-34,43H,12,19-25H2,1-4H3,(H,39,46)(H,40,45)(H,41,44)/t31-,32-,33-,34-/m0/s1. The molecule has 3 aromatic rings. The van der Waals surface area contributed by atoms with Gasteiger partial charge in [0.05, 0.1) is 12.1 Å². The monoisotopic (exact) mass is 642 g/mol. The fourth-order valence-electron chi connectivity index (χ4n) is 6.18. The van der Waals surface area contributed by atoms with Gasteiger partial charge in [-0.1, -0.05) is 92.7 Å². The van der Waals surface area contributed by atoms with Crippen LogP contribution in [0, 0.1) is 19.8 Å². The molecule has 0 aromatic heterocycles. The largest absolute Gasteiger partial charge is 0.483 e. The highest BCUT2D eigenvalue weighted by Gasteiger charge is 2.34. The summed E-state index contributed by atoms with van der Waals surface area (Å²) in [4.78, 5) is 41.6. The first-order chi connectivity index (χ1) is 22.6. The quantitative estimate of drug-likeness (QED) is 0.180. The van der Waals surface area contributed by atoms with Crippen LogP contribution in [0.15, 0.2) is 78.9 Å². The summed E-state index contributed by atoms with van der Waals surface area (Å²) in [7, 11) is 0. The van der Waals surface area contributed by atoms with E-state index in [4.69, 9.17) is 4.74 Å². The maximum Gasteiger partial charge on any atom is 0.318 e. The van der Waals surface area contributed by atoms with Crippen molar-refractivity contribution in [2.24, 2.45) is 5.92 Å². The molecule has 1 aliphatic heterocycles. The Bertz CT molecular complexity index is 1430. The SMILES string of the molecule is Cc1cccc(C)c1OCC(=O)N[C@@H](Cc1ccccc1)[C@@H](O)C[C@H](Cc1ccccc1)NC(=O)[C@H](CC(C)C)N1CCCNC1=O. The van der Waals surface area contributed by atoms with E-state index in [1.165, 1.54) is 0 Å². The molecule has 1 fully saturated rings. The second-order valence-corrected chi connectivity index (χ2v) is 13.0. The Kier molecular flexibility index (Phi) is 13.2. The van der Waals surface area contributed by atoms with Crippen molar-refractivity contribution in [3.05, 3.63) is 101 Å². The molecule has 252 valence electrons. The van der Waals surface area contributed by atoms with Crippen molar-refractivity contribution in [2.75, 3.05) is 19.7 Å². The summed E-state index contributed by atoms with van der Waals surface area (Å²) in [6.45, 7) is 8.86. The van der Waals surface area contributed by atoms with Crippen LogP contribution < -0.4 is 20.7 Å². The highest BCUT2D eigenvalue weighted by molar-refractivity contribution is 5.87. The fraction of sp³-hybridized carbons (Fsp3) is 0.447. The number of nitrogens with one attached hydrogen (secondary N) is 3. The molecule has 47 heavy (non-hydrogen) atoms. The first kappa shape index (κ1) is 35.5. The van der Waals surface area contributed by atoms with Gasteiger partial charge < -0.3 is 30.7 Å². The molecule has 3 aromatic carbocycles. The van der Waals surface area contributed by atoms with Gasteiger partial charge in [-0.05, 0) is 74.1 Å². The van der Waals surface area contributed by atoms with Crippen LogP contribution in [0.25, 0.3) is 0 Å². The summed E-state index contributed by atoms with van der Waals surface area (Å²) in [5.41, 5.74) is 3.85. The number of aliphatic hydroxyl groups excluding tert-OH is 1. The van der Waals surface area contributed by atoms with Crippen molar-refractivity contribution >= 4 is 17.8 Å². The van der Waals surface area contributed by atoms with Gasteiger partial charge in [-0.3, -0.25) is 9.59 Å². The van der Waals surface area contributed by atoms with E-state index in [0.29, 0.717) is 38.1 Å². The molecule has 0 radical (unpaired) electrons. The number of urea groups is 1. The van der Waals surface area contributed by atoms with E-state index in [1.807, 2.05) is 107 Å². The van der Waals surface area contributed by atoms with E-state index in [9.17, 15) is 19.5 Å². The molecule has 9 nitrogen and oxygen atoms in total. The molecule has 1 heterocycles. The number of aryl methyl sites for hydroxylation is 2. The number of para-hydroxylation sites is 1. The molecule has 4 N–H and O–H groups in total. The lowest BCUT2D eigenvalue weighted by molar-refractivity contribution is -0.128. The average Bonchev–Trinajstić information content (AvgIpc) is 3.04. The number of nitrogens with zero attached hydrogens (tertiary/aromatic N) is 1. The highest BCUT2D eigenvalue weighted by atomic mass is 16.5. The number of carbonyl (C=O) groups excluding carboxylic acids is 3. The zero-order chi connectivity index (χ0) is 33.8. The lowest BCUT2D eigenvalue weighted by Gasteiger charge is -2.36. The minimum atomic E-state index is -0.991. The number of hydrogen-bond acceptors (Lipinski definition) is 5. The maximum absolute atomic E-state index is 13.9. The number of hydrogen-bond donors (Lipinski definition) is 4. The predicted octanol–water partition coefficient (Wildman–Crippen LogP) is 4.72. The van der Waals surface area contributed by atoms with E-state index >= 15 is 0 Å². The zero-order valence-electron chi connectivity index (χ0n) is 28.1. The average molecular weight is 643 g/mol. The second-order valence-electron chi connectivity index (χ2n) is 13.0. The Hall–Kier alpha value is -4.37. The zero-order valence-corrected chi connectivity index (χ0v) is 28.1. The molecule has 9 heteroatoms. The van der Waals surface area contributed by atoms with Crippen LogP contribution in [0.4, 0.5) is 4.79 Å². The maximum atomic E-state index is 13.9. The van der Waals surface area contributed by atoms with Gasteiger partial charge in [-0.25, -0.2) is 4.79 Å². The van der Waals surface area contributed by atoms with Crippen LogP contribution in [-0.2, 0) is 22.4 Å². The van der Waals surface area contributed by atoms with Gasteiger partial charge in [-0.2, -0.15) is 0 Å². The Morgan fingerprint density at radius 2 is 1.49 bits per heavy atom. The Labute approximate surface area is 279 Å². The van der Waals surface area contributed by atoms with E-state index in [-0.39, 0.29) is 36.8 Å². The normalized spacial score (nSPS) is 15.7. The third kappa shape index (κ3) is 10.8. The highest BCUT2D eigenvalue weighted by Crippen LogP contribution is 2.22. The van der Waals surface area contributed by atoms with Gasteiger partial charge in [0.1, 0.15) is 11.8 Å². The fourth-order valence-corrected chi connectivity index (χ4v) is 6.18. The van der Waals surface area contributed by atoms with E-state index in [1.54, 1.807) is 4.90 Å². The molecule has 1 aliphatic rings. The minimum Gasteiger partial charge on any atom is -0.483 e. The molecule has 0 spiro atoms. The van der Waals surface area contributed by atoms with Crippen LogP contribution in [0.2, 0.25) is 0 Å². The van der Waals surface area contributed by atoms with Crippen molar-refractivity contribution < 1.29 is 24.2 Å². The molecular weight excluding hydrogens is 592 g/mol. The Balaban J connectivity index is 1.53. The lowest BCUT2D eigenvalue weighted by Crippen LogP contribution is -2.58. The molecule has 4 rings (SSSR count). The van der Waals surface area contributed by atoms with Gasteiger partial charge in [0.2, 0.25) is 5.91 Å². The number of aliphatic hydroxyl groups is 1. The predicted molar refractivity (Wildman–Crippen MR) is 184 cm³/mol. The van der Waals surface area contributed by atoms with E-state index < -0.39 is 24.2 Å². The van der Waals surface area contributed by atoms with E-state index in [0.717, 1.165) is 28.7 Å². The smallest absolute Gasteiger partial charge is 0.318 e. The molecule has 0 unspecified atom stereocenters. The van der Waals surface area contributed by atoms with Crippen LogP contribution in [0.1, 0.15) is 55.4 Å². The van der Waals surface area contributed by atoms with Crippen molar-refractivity contribution in [1.82, 2.24) is 20.9 Å². The summed E-state index contributed by atoms with van der Waals surface area (Å²) in [5, 5.41) is 20.8. The van der Waals surface area contributed by atoms with Gasteiger partial charge >= 0.3 is 6.03 Å². The third-order valence-electron chi connectivity index (χ3n) is 8.55. The van der Waals surface area contributed by atoms with Crippen LogP contribution in [0.5, 0.6) is 5.75 Å². The van der Waals surface area contributed by atoms with Crippen LogP contribution in [-0.4, -0.2) is 71.8 Å². The Morgan fingerprint density at radius 1 is 0.872 bits per heavy atom. The van der Waals surface area contributed by atoms with Crippen molar-refractivity contribution in [3.8, 4) is 5.75 Å². The first-order valence-electron chi connectivity index (χ1n) is 16.7. The molecule has 4 atom stereocenters. The summed E-state index contributed by atoms with van der Waals surface area (Å²) in [6, 6.07) is 23.4. The number of amides is 4. The van der Waals surface area contributed by atoms with Crippen molar-refractivity contribution in [3.63, 3.8) is 0 Å². The summed E-state index contributed by atoms with van der Waals surface area (Å²) >= 11 is 0.